The van der Waals surface area contributed by atoms with Gasteiger partial charge in [0.2, 0.25) is 0 Å². The molecule has 136 valence electrons. The van der Waals surface area contributed by atoms with Gasteiger partial charge in [0.25, 0.3) is 5.91 Å². The molecule has 0 aliphatic rings. The normalized spacial score (nSPS) is 10.1. The molecule has 0 radical (unpaired) electrons. The molecule has 0 aliphatic heterocycles. The minimum atomic E-state index is -0.502. The van der Waals surface area contributed by atoms with Crippen molar-refractivity contribution in [1.29, 1.82) is 5.26 Å². The molecule has 1 N–H and O–H groups in total. The van der Waals surface area contributed by atoms with Crippen LogP contribution in [0.5, 0.6) is 5.75 Å². The third kappa shape index (κ3) is 4.41. The van der Waals surface area contributed by atoms with Crippen LogP contribution in [0.2, 0.25) is 0 Å². The zero-order valence-electron chi connectivity index (χ0n) is 15.1. The minimum absolute atomic E-state index is 0.195. The van der Waals surface area contributed by atoms with Gasteiger partial charge in [0.15, 0.2) is 6.61 Å². The summed E-state index contributed by atoms with van der Waals surface area (Å²) in [4.78, 5) is 24.4. The summed E-state index contributed by atoms with van der Waals surface area (Å²) < 4.78 is 10.5. The molecular formula is C19H20N2O4S. The Kier molecular flexibility index (Phi) is 6.36. The predicted octanol–water partition coefficient (Wildman–Crippen LogP) is 3.74. The molecule has 0 bridgehead atoms. The number of nitrogens with one attached hydrogen (secondary N) is 1. The Morgan fingerprint density at radius 1 is 1.23 bits per heavy atom. The highest BCUT2D eigenvalue weighted by Gasteiger charge is 2.22. The van der Waals surface area contributed by atoms with E-state index in [4.69, 9.17) is 9.47 Å². The van der Waals surface area contributed by atoms with Crippen LogP contribution < -0.4 is 10.1 Å². The lowest BCUT2D eigenvalue weighted by atomic mass is 10.1. The first kappa shape index (κ1) is 19.5. The first-order valence-corrected chi connectivity index (χ1v) is 8.89. The minimum Gasteiger partial charge on any atom is -0.484 e. The van der Waals surface area contributed by atoms with Gasteiger partial charge in [-0.25, -0.2) is 4.79 Å². The number of ether oxygens (including phenoxy) is 2. The van der Waals surface area contributed by atoms with Gasteiger partial charge in [-0.15, -0.1) is 11.3 Å². The summed E-state index contributed by atoms with van der Waals surface area (Å²) >= 11 is 1.03. The molecule has 0 saturated carbocycles. The van der Waals surface area contributed by atoms with E-state index in [1.54, 1.807) is 19.9 Å². The van der Waals surface area contributed by atoms with E-state index >= 15 is 0 Å². The zero-order valence-corrected chi connectivity index (χ0v) is 16.0. The molecule has 1 amide bonds. The molecule has 2 rings (SSSR count). The van der Waals surface area contributed by atoms with Crippen molar-refractivity contribution in [2.24, 2.45) is 0 Å². The van der Waals surface area contributed by atoms with Crippen molar-refractivity contribution in [1.82, 2.24) is 0 Å². The van der Waals surface area contributed by atoms with Gasteiger partial charge in [0.1, 0.15) is 21.7 Å². The summed E-state index contributed by atoms with van der Waals surface area (Å²) in [5.41, 5.74) is 2.97. The van der Waals surface area contributed by atoms with Crippen LogP contribution in [0.1, 0.15) is 38.8 Å². The van der Waals surface area contributed by atoms with Gasteiger partial charge in [-0.1, -0.05) is 6.07 Å². The smallest absolute Gasteiger partial charge is 0.348 e. The molecule has 0 unspecified atom stereocenters. The fourth-order valence-corrected chi connectivity index (χ4v) is 3.31. The maximum Gasteiger partial charge on any atom is 0.348 e. The Labute approximate surface area is 156 Å². The van der Waals surface area contributed by atoms with E-state index in [-0.39, 0.29) is 18.8 Å². The van der Waals surface area contributed by atoms with Crippen LogP contribution in [-0.2, 0) is 9.53 Å². The lowest BCUT2D eigenvalue weighted by Crippen LogP contribution is -2.20. The van der Waals surface area contributed by atoms with E-state index in [9.17, 15) is 14.9 Å². The van der Waals surface area contributed by atoms with Gasteiger partial charge in [0, 0.05) is 0 Å². The highest BCUT2D eigenvalue weighted by Crippen LogP contribution is 2.33. The summed E-state index contributed by atoms with van der Waals surface area (Å²) in [6, 6.07) is 7.60. The molecule has 0 fully saturated rings. The average Bonchev–Trinajstić information content (AvgIpc) is 2.91. The van der Waals surface area contributed by atoms with Gasteiger partial charge in [-0.05, 0) is 56.5 Å². The molecule has 0 saturated heterocycles. The number of nitrogens with zero attached hydrogens (tertiary/aromatic N) is 1. The van der Waals surface area contributed by atoms with Crippen LogP contribution in [0.3, 0.4) is 0 Å². The van der Waals surface area contributed by atoms with E-state index < -0.39 is 11.9 Å². The van der Waals surface area contributed by atoms with Crippen molar-refractivity contribution < 1.29 is 19.1 Å². The lowest BCUT2D eigenvalue weighted by molar-refractivity contribution is -0.118. The van der Waals surface area contributed by atoms with Crippen molar-refractivity contribution in [3.05, 3.63) is 45.3 Å². The number of rotatable bonds is 6. The number of hydrogen-bond acceptors (Lipinski definition) is 6. The number of esters is 1. The molecule has 26 heavy (non-hydrogen) atoms. The van der Waals surface area contributed by atoms with E-state index in [2.05, 4.69) is 5.32 Å². The molecular weight excluding hydrogens is 352 g/mol. The largest absolute Gasteiger partial charge is 0.484 e. The molecule has 0 spiro atoms. The Hall–Kier alpha value is -2.85. The number of aryl methyl sites for hydroxylation is 2. The summed E-state index contributed by atoms with van der Waals surface area (Å²) in [5.74, 6) is -0.312. The number of hydrogen-bond donors (Lipinski definition) is 1. The summed E-state index contributed by atoms with van der Waals surface area (Å²) in [5, 5.41) is 12.3. The number of carbonyl (C=O) groups excluding carboxylic acids is 2. The standard InChI is InChI=1S/C19H20N2O4S/c1-5-24-19(23)17-13(4)15(9-20)18(26-17)21-16(22)10-25-14-7-6-11(2)12(3)8-14/h6-8H,5,10H2,1-4H3,(H,21,22). The maximum atomic E-state index is 12.2. The zero-order chi connectivity index (χ0) is 19.3. The van der Waals surface area contributed by atoms with Gasteiger partial charge in [-0.3, -0.25) is 4.79 Å². The summed E-state index contributed by atoms with van der Waals surface area (Å²) in [6.07, 6.45) is 0. The number of amides is 1. The highest BCUT2D eigenvalue weighted by molar-refractivity contribution is 7.18. The topological polar surface area (TPSA) is 88.4 Å². The second kappa shape index (κ2) is 8.50. The van der Waals surface area contributed by atoms with Gasteiger partial charge >= 0.3 is 5.97 Å². The first-order valence-electron chi connectivity index (χ1n) is 8.07. The third-order valence-corrected chi connectivity index (χ3v) is 5.01. The highest BCUT2D eigenvalue weighted by atomic mass is 32.1. The third-order valence-electron chi connectivity index (χ3n) is 3.82. The van der Waals surface area contributed by atoms with E-state index in [1.807, 2.05) is 32.0 Å². The first-order chi connectivity index (χ1) is 12.4. The fraction of sp³-hybridized carbons (Fsp3) is 0.316. The van der Waals surface area contributed by atoms with Crippen LogP contribution in [0.4, 0.5) is 5.00 Å². The van der Waals surface area contributed by atoms with Crippen LogP contribution in [-0.4, -0.2) is 25.1 Å². The van der Waals surface area contributed by atoms with Gasteiger partial charge in [0.05, 0.1) is 12.2 Å². The van der Waals surface area contributed by atoms with Crippen molar-refractivity contribution in [3.63, 3.8) is 0 Å². The second-order valence-electron chi connectivity index (χ2n) is 5.68. The molecule has 2 aromatic rings. The number of nitriles is 1. The Morgan fingerprint density at radius 2 is 1.96 bits per heavy atom. The van der Waals surface area contributed by atoms with Crippen LogP contribution in [0.15, 0.2) is 18.2 Å². The summed E-state index contributed by atoms with van der Waals surface area (Å²) in [7, 11) is 0. The molecule has 1 aromatic carbocycles. The molecule has 6 nitrogen and oxygen atoms in total. The van der Waals surface area contributed by atoms with Crippen molar-refractivity contribution >= 4 is 28.2 Å². The van der Waals surface area contributed by atoms with Crippen molar-refractivity contribution in [2.75, 3.05) is 18.5 Å². The monoisotopic (exact) mass is 372 g/mol. The van der Waals surface area contributed by atoms with Crippen molar-refractivity contribution in [2.45, 2.75) is 27.7 Å². The Morgan fingerprint density at radius 3 is 2.58 bits per heavy atom. The lowest BCUT2D eigenvalue weighted by Gasteiger charge is -2.08. The molecule has 1 heterocycles. The van der Waals surface area contributed by atoms with Gasteiger partial charge in [-0.2, -0.15) is 5.26 Å². The Bertz CT molecular complexity index is 880. The Balaban J connectivity index is 2.08. The summed E-state index contributed by atoms with van der Waals surface area (Å²) in [6.45, 7) is 7.37. The van der Waals surface area contributed by atoms with Crippen LogP contribution >= 0.6 is 11.3 Å². The number of anilines is 1. The van der Waals surface area contributed by atoms with E-state index in [0.717, 1.165) is 22.5 Å². The SMILES string of the molecule is CCOC(=O)c1sc(NC(=O)COc2ccc(C)c(C)c2)c(C#N)c1C. The van der Waals surface area contributed by atoms with Gasteiger partial charge < -0.3 is 14.8 Å². The number of thiophene rings is 1. The molecule has 0 aliphatic carbocycles. The quantitative estimate of drug-likeness (QED) is 0.780. The van der Waals surface area contributed by atoms with Crippen LogP contribution in [0, 0.1) is 32.1 Å². The number of benzene rings is 1. The van der Waals surface area contributed by atoms with Crippen LogP contribution in [0.25, 0.3) is 0 Å². The predicted molar refractivity (Wildman–Crippen MR) is 99.8 cm³/mol. The maximum absolute atomic E-state index is 12.2. The molecule has 7 heteroatoms. The fourth-order valence-electron chi connectivity index (χ4n) is 2.24. The molecule has 1 aromatic heterocycles. The van der Waals surface area contributed by atoms with E-state index in [1.165, 1.54) is 0 Å². The second-order valence-corrected chi connectivity index (χ2v) is 6.70. The average molecular weight is 372 g/mol. The van der Waals surface area contributed by atoms with Crippen molar-refractivity contribution in [3.8, 4) is 11.8 Å². The molecule has 0 atom stereocenters. The van der Waals surface area contributed by atoms with E-state index in [0.29, 0.717) is 21.2 Å². The number of carbonyl (C=O) groups is 2.